The minimum Gasteiger partial charge on any atom is -0.324 e. The fourth-order valence-corrected chi connectivity index (χ4v) is 2.97. The van der Waals surface area contributed by atoms with Crippen LogP contribution in [0.2, 0.25) is 0 Å². The van der Waals surface area contributed by atoms with Gasteiger partial charge in [0, 0.05) is 18.1 Å². The standard InChI is InChI=1S/C16H26N2/c1-13(12-18-11-7-10-16(18,2)3)15(17)14-8-5-4-6-9-14/h4-6,8-9,13,15H,7,10-12,17H2,1-3H3. The lowest BCUT2D eigenvalue weighted by Gasteiger charge is -2.35. The van der Waals surface area contributed by atoms with Gasteiger partial charge in [-0.15, -0.1) is 0 Å². The van der Waals surface area contributed by atoms with E-state index in [2.05, 4.69) is 49.9 Å². The lowest BCUT2D eigenvalue weighted by atomic mass is 9.93. The van der Waals surface area contributed by atoms with Crippen LogP contribution >= 0.6 is 0 Å². The van der Waals surface area contributed by atoms with Gasteiger partial charge in [-0.2, -0.15) is 0 Å². The van der Waals surface area contributed by atoms with Crippen LogP contribution in [0.4, 0.5) is 0 Å². The molecule has 0 saturated carbocycles. The topological polar surface area (TPSA) is 29.3 Å². The van der Waals surface area contributed by atoms with Gasteiger partial charge in [-0.1, -0.05) is 37.3 Å². The number of hydrogen-bond acceptors (Lipinski definition) is 2. The highest BCUT2D eigenvalue weighted by Crippen LogP contribution is 2.30. The zero-order chi connectivity index (χ0) is 13.2. The van der Waals surface area contributed by atoms with Gasteiger partial charge in [-0.3, -0.25) is 4.90 Å². The summed E-state index contributed by atoms with van der Waals surface area (Å²) in [5.41, 5.74) is 7.98. The molecule has 0 bridgehead atoms. The van der Waals surface area contributed by atoms with Gasteiger partial charge in [0.25, 0.3) is 0 Å². The van der Waals surface area contributed by atoms with Crippen LogP contribution in [0.15, 0.2) is 30.3 Å². The highest BCUT2D eigenvalue weighted by Gasteiger charge is 2.33. The summed E-state index contributed by atoms with van der Waals surface area (Å²) in [4.78, 5) is 2.60. The quantitative estimate of drug-likeness (QED) is 0.884. The maximum Gasteiger partial charge on any atom is 0.0333 e. The highest BCUT2D eigenvalue weighted by molar-refractivity contribution is 5.19. The number of rotatable bonds is 4. The van der Waals surface area contributed by atoms with E-state index in [9.17, 15) is 0 Å². The molecule has 2 rings (SSSR count). The lowest BCUT2D eigenvalue weighted by molar-refractivity contribution is 0.144. The molecule has 1 saturated heterocycles. The molecule has 0 amide bonds. The van der Waals surface area contributed by atoms with Gasteiger partial charge >= 0.3 is 0 Å². The van der Waals surface area contributed by atoms with Gasteiger partial charge in [-0.05, 0) is 44.7 Å². The van der Waals surface area contributed by atoms with Crippen LogP contribution in [0.5, 0.6) is 0 Å². The summed E-state index contributed by atoms with van der Waals surface area (Å²) in [5.74, 6) is 0.491. The Labute approximate surface area is 111 Å². The summed E-state index contributed by atoms with van der Waals surface area (Å²) in [5, 5.41) is 0. The van der Waals surface area contributed by atoms with Gasteiger partial charge in [0.05, 0.1) is 0 Å². The van der Waals surface area contributed by atoms with Crippen LogP contribution in [0.1, 0.15) is 45.2 Å². The monoisotopic (exact) mass is 246 g/mol. The van der Waals surface area contributed by atoms with Crippen LogP contribution in [-0.4, -0.2) is 23.5 Å². The van der Waals surface area contributed by atoms with Crippen LogP contribution in [0.25, 0.3) is 0 Å². The van der Waals surface area contributed by atoms with Crippen molar-refractivity contribution in [1.82, 2.24) is 4.90 Å². The largest absolute Gasteiger partial charge is 0.324 e. The second-order valence-electron chi connectivity index (χ2n) is 6.28. The van der Waals surface area contributed by atoms with E-state index in [0.717, 1.165) is 6.54 Å². The predicted molar refractivity (Wildman–Crippen MR) is 77.4 cm³/mol. The summed E-state index contributed by atoms with van der Waals surface area (Å²) in [6.45, 7) is 9.29. The molecule has 2 atom stereocenters. The average Bonchev–Trinajstić information content (AvgIpc) is 2.69. The van der Waals surface area contributed by atoms with Crippen molar-refractivity contribution in [3.05, 3.63) is 35.9 Å². The first-order valence-corrected chi connectivity index (χ1v) is 7.06. The molecule has 2 heteroatoms. The molecular weight excluding hydrogens is 220 g/mol. The Hall–Kier alpha value is -0.860. The third-order valence-electron chi connectivity index (χ3n) is 4.38. The third kappa shape index (κ3) is 2.93. The van der Waals surface area contributed by atoms with E-state index in [4.69, 9.17) is 5.73 Å². The molecule has 2 nitrogen and oxygen atoms in total. The average molecular weight is 246 g/mol. The molecule has 0 radical (unpaired) electrons. The molecule has 0 aromatic heterocycles. The minimum absolute atomic E-state index is 0.141. The van der Waals surface area contributed by atoms with Gasteiger partial charge in [-0.25, -0.2) is 0 Å². The summed E-state index contributed by atoms with van der Waals surface area (Å²) >= 11 is 0. The maximum atomic E-state index is 6.38. The zero-order valence-corrected chi connectivity index (χ0v) is 11.9. The van der Waals surface area contributed by atoms with Gasteiger partial charge in [0.1, 0.15) is 0 Å². The highest BCUT2D eigenvalue weighted by atomic mass is 15.2. The smallest absolute Gasteiger partial charge is 0.0333 e. The normalized spacial score (nSPS) is 22.9. The van der Waals surface area contributed by atoms with E-state index in [0.29, 0.717) is 11.5 Å². The molecule has 1 aliphatic heterocycles. The number of likely N-dealkylation sites (tertiary alicyclic amines) is 1. The van der Waals surface area contributed by atoms with E-state index in [-0.39, 0.29) is 6.04 Å². The van der Waals surface area contributed by atoms with E-state index < -0.39 is 0 Å². The summed E-state index contributed by atoms with van der Waals surface area (Å²) in [7, 11) is 0. The maximum absolute atomic E-state index is 6.38. The number of hydrogen-bond donors (Lipinski definition) is 1. The van der Waals surface area contributed by atoms with E-state index in [1.807, 2.05) is 6.07 Å². The molecule has 1 aliphatic rings. The van der Waals surface area contributed by atoms with Crippen LogP contribution < -0.4 is 5.73 Å². The van der Waals surface area contributed by atoms with Crippen molar-refractivity contribution in [3.63, 3.8) is 0 Å². The Morgan fingerprint density at radius 1 is 1.28 bits per heavy atom. The van der Waals surface area contributed by atoms with Crippen molar-refractivity contribution >= 4 is 0 Å². The van der Waals surface area contributed by atoms with E-state index in [1.54, 1.807) is 0 Å². The molecular formula is C16H26N2. The fraction of sp³-hybridized carbons (Fsp3) is 0.625. The van der Waals surface area contributed by atoms with Crippen molar-refractivity contribution in [3.8, 4) is 0 Å². The van der Waals surface area contributed by atoms with Crippen molar-refractivity contribution in [1.29, 1.82) is 0 Å². The first-order valence-electron chi connectivity index (χ1n) is 7.06. The Bertz CT molecular complexity index is 372. The number of benzene rings is 1. The Kier molecular flexibility index (Phi) is 4.08. The zero-order valence-electron chi connectivity index (χ0n) is 11.9. The SMILES string of the molecule is CC(CN1CCCC1(C)C)C(N)c1ccccc1. The Morgan fingerprint density at radius 2 is 1.94 bits per heavy atom. The summed E-state index contributed by atoms with van der Waals surface area (Å²) < 4.78 is 0. The molecule has 0 aliphatic carbocycles. The Morgan fingerprint density at radius 3 is 2.50 bits per heavy atom. The second kappa shape index (κ2) is 5.41. The molecule has 1 aromatic rings. The first-order chi connectivity index (χ1) is 8.50. The van der Waals surface area contributed by atoms with Crippen molar-refractivity contribution in [2.45, 2.75) is 45.2 Å². The van der Waals surface area contributed by atoms with Crippen molar-refractivity contribution in [2.24, 2.45) is 11.7 Å². The molecule has 18 heavy (non-hydrogen) atoms. The number of nitrogens with zero attached hydrogens (tertiary/aromatic N) is 1. The van der Waals surface area contributed by atoms with Crippen molar-refractivity contribution < 1.29 is 0 Å². The molecule has 1 heterocycles. The minimum atomic E-state index is 0.141. The molecule has 2 N–H and O–H groups in total. The molecule has 0 spiro atoms. The second-order valence-corrected chi connectivity index (χ2v) is 6.28. The van der Waals surface area contributed by atoms with E-state index in [1.165, 1.54) is 24.9 Å². The molecule has 1 fully saturated rings. The van der Waals surface area contributed by atoms with Gasteiger partial charge < -0.3 is 5.73 Å². The number of nitrogens with two attached hydrogens (primary N) is 1. The van der Waals surface area contributed by atoms with Crippen LogP contribution in [-0.2, 0) is 0 Å². The van der Waals surface area contributed by atoms with E-state index >= 15 is 0 Å². The van der Waals surface area contributed by atoms with Crippen LogP contribution in [0.3, 0.4) is 0 Å². The summed E-state index contributed by atoms with van der Waals surface area (Å²) in [6.07, 6.45) is 2.63. The third-order valence-corrected chi connectivity index (χ3v) is 4.38. The van der Waals surface area contributed by atoms with Gasteiger partial charge in [0.15, 0.2) is 0 Å². The molecule has 2 unspecified atom stereocenters. The lowest BCUT2D eigenvalue weighted by Crippen LogP contribution is -2.42. The summed E-state index contributed by atoms with van der Waals surface area (Å²) in [6, 6.07) is 10.6. The predicted octanol–water partition coefficient (Wildman–Crippen LogP) is 3.20. The van der Waals surface area contributed by atoms with Gasteiger partial charge in [0.2, 0.25) is 0 Å². The molecule has 100 valence electrons. The van der Waals surface area contributed by atoms with Crippen LogP contribution in [0, 0.1) is 5.92 Å². The molecule has 1 aromatic carbocycles. The first kappa shape index (κ1) is 13.6. The van der Waals surface area contributed by atoms with Crippen molar-refractivity contribution in [2.75, 3.05) is 13.1 Å². The fourth-order valence-electron chi connectivity index (χ4n) is 2.97. The Balaban J connectivity index is 1.98.